The van der Waals surface area contributed by atoms with Gasteiger partial charge in [-0.25, -0.2) is 4.98 Å². The van der Waals surface area contributed by atoms with Crippen LogP contribution in [0, 0.1) is 0 Å². The summed E-state index contributed by atoms with van der Waals surface area (Å²) in [5, 5.41) is 11.8. The van der Waals surface area contributed by atoms with Gasteiger partial charge in [0.2, 0.25) is 0 Å². The number of anilines is 1. The molecule has 5 rings (SSSR count). The molecule has 1 saturated heterocycles. The number of aliphatic hydroxyl groups excluding tert-OH is 1. The van der Waals surface area contributed by atoms with Gasteiger partial charge in [0, 0.05) is 5.56 Å². The molecule has 212 valence electrons. The highest BCUT2D eigenvalue weighted by Gasteiger charge is 2.48. The minimum absolute atomic E-state index is 0.00684. The van der Waals surface area contributed by atoms with Crippen molar-refractivity contribution in [3.8, 4) is 17.2 Å². The lowest BCUT2D eigenvalue weighted by atomic mass is 9.95. The van der Waals surface area contributed by atoms with Crippen molar-refractivity contribution >= 4 is 44.1 Å². The monoisotopic (exact) mass is 572 g/mol. The van der Waals surface area contributed by atoms with Crippen molar-refractivity contribution in [1.29, 1.82) is 0 Å². The van der Waals surface area contributed by atoms with Gasteiger partial charge in [-0.05, 0) is 73.5 Å². The molecular weight excluding hydrogens is 540 g/mol. The fraction of sp³-hybridized carbons (Fsp3) is 0.281. The first-order valence-electron chi connectivity index (χ1n) is 13.7. The molecule has 1 unspecified atom stereocenters. The normalized spacial score (nSPS) is 16.4. The van der Waals surface area contributed by atoms with Gasteiger partial charge in [-0.15, -0.1) is 0 Å². The zero-order chi connectivity index (χ0) is 28.9. The first kappa shape index (κ1) is 28.2. The number of methoxy groups -OCH3 is 1. The number of thiazole rings is 1. The molecule has 1 aliphatic heterocycles. The van der Waals surface area contributed by atoms with Crippen LogP contribution in [-0.2, 0) is 9.59 Å². The lowest BCUT2D eigenvalue weighted by molar-refractivity contribution is -0.132. The average Bonchev–Trinajstić information content (AvgIpc) is 3.53. The maximum Gasteiger partial charge on any atom is 0.301 e. The molecule has 0 bridgehead atoms. The van der Waals surface area contributed by atoms with Crippen LogP contribution in [0.15, 0.2) is 72.3 Å². The molecule has 0 saturated carbocycles. The molecule has 1 aromatic heterocycles. The number of ketones is 1. The summed E-state index contributed by atoms with van der Waals surface area (Å²) in [6.45, 7) is 5.14. The molecule has 2 heterocycles. The van der Waals surface area contributed by atoms with Gasteiger partial charge in [0.05, 0.1) is 42.2 Å². The number of unbranched alkanes of at least 4 members (excludes halogenated alkanes) is 2. The van der Waals surface area contributed by atoms with Crippen molar-refractivity contribution in [3.63, 3.8) is 0 Å². The molecular formula is C32H32N2O6S. The fourth-order valence-electron chi connectivity index (χ4n) is 4.79. The van der Waals surface area contributed by atoms with E-state index >= 15 is 0 Å². The largest absolute Gasteiger partial charge is 0.507 e. The minimum Gasteiger partial charge on any atom is -0.507 e. The predicted molar refractivity (Wildman–Crippen MR) is 160 cm³/mol. The summed E-state index contributed by atoms with van der Waals surface area (Å²) in [6, 6.07) is 18.6. The van der Waals surface area contributed by atoms with E-state index in [1.54, 1.807) is 37.4 Å². The van der Waals surface area contributed by atoms with Gasteiger partial charge in [0.1, 0.15) is 23.0 Å². The van der Waals surface area contributed by atoms with E-state index in [-0.39, 0.29) is 11.3 Å². The van der Waals surface area contributed by atoms with Crippen LogP contribution in [0.3, 0.4) is 0 Å². The molecule has 1 fully saturated rings. The minimum atomic E-state index is -0.891. The van der Waals surface area contributed by atoms with E-state index < -0.39 is 17.7 Å². The summed E-state index contributed by atoms with van der Waals surface area (Å²) in [7, 11) is 1.58. The predicted octanol–water partition coefficient (Wildman–Crippen LogP) is 6.90. The van der Waals surface area contributed by atoms with Gasteiger partial charge < -0.3 is 19.3 Å². The molecule has 1 aliphatic rings. The molecule has 1 amide bonds. The summed E-state index contributed by atoms with van der Waals surface area (Å²) in [5.41, 5.74) is 1.72. The second-order valence-corrected chi connectivity index (χ2v) is 10.6. The van der Waals surface area contributed by atoms with Gasteiger partial charge >= 0.3 is 5.91 Å². The molecule has 0 spiro atoms. The average molecular weight is 573 g/mol. The second-order valence-electron chi connectivity index (χ2n) is 9.58. The first-order valence-corrected chi connectivity index (χ1v) is 14.5. The van der Waals surface area contributed by atoms with E-state index in [9.17, 15) is 14.7 Å². The van der Waals surface area contributed by atoms with Crippen molar-refractivity contribution in [1.82, 2.24) is 4.98 Å². The lowest BCUT2D eigenvalue weighted by Crippen LogP contribution is -2.29. The number of rotatable bonds is 11. The van der Waals surface area contributed by atoms with Crippen molar-refractivity contribution in [2.45, 2.75) is 39.2 Å². The van der Waals surface area contributed by atoms with Crippen molar-refractivity contribution in [3.05, 3.63) is 83.4 Å². The summed E-state index contributed by atoms with van der Waals surface area (Å²) in [4.78, 5) is 33.2. The third-order valence-corrected chi connectivity index (χ3v) is 7.90. The Morgan fingerprint density at radius 3 is 2.29 bits per heavy atom. The number of aromatic nitrogens is 1. The Hall–Kier alpha value is -4.37. The number of ether oxygens (including phenoxy) is 3. The summed E-state index contributed by atoms with van der Waals surface area (Å²) < 4.78 is 17.5. The number of fused-ring (bicyclic) bond motifs is 1. The molecule has 1 N–H and O–H groups in total. The summed E-state index contributed by atoms with van der Waals surface area (Å²) in [5.74, 6) is 0.199. The van der Waals surface area contributed by atoms with Crippen LogP contribution in [0.25, 0.3) is 16.0 Å². The number of benzene rings is 3. The Morgan fingerprint density at radius 2 is 1.61 bits per heavy atom. The molecule has 3 aromatic carbocycles. The summed E-state index contributed by atoms with van der Waals surface area (Å²) in [6.07, 6.45) is 3.16. The number of aliphatic hydroxyl groups is 1. The maximum atomic E-state index is 13.6. The van der Waals surface area contributed by atoms with E-state index in [1.165, 1.54) is 16.2 Å². The number of Topliss-reactive ketones (excluding diaryl/α,β-unsaturated/α-hetero) is 1. The molecule has 0 aliphatic carbocycles. The Labute approximate surface area is 242 Å². The van der Waals surface area contributed by atoms with Gasteiger partial charge in [-0.2, -0.15) is 0 Å². The van der Waals surface area contributed by atoms with Crippen LogP contribution in [-0.4, -0.2) is 42.1 Å². The topological polar surface area (TPSA) is 98.2 Å². The van der Waals surface area contributed by atoms with Crippen LogP contribution in [0.1, 0.15) is 50.3 Å². The molecule has 4 aromatic rings. The molecule has 0 radical (unpaired) electrons. The highest BCUT2D eigenvalue weighted by atomic mass is 32.1. The van der Waals surface area contributed by atoms with Crippen LogP contribution < -0.4 is 19.1 Å². The van der Waals surface area contributed by atoms with Crippen LogP contribution >= 0.6 is 11.3 Å². The highest BCUT2D eigenvalue weighted by molar-refractivity contribution is 7.22. The third-order valence-electron chi connectivity index (χ3n) is 6.89. The Morgan fingerprint density at radius 1 is 0.927 bits per heavy atom. The number of nitrogens with zero attached hydrogens (tertiary/aromatic N) is 2. The van der Waals surface area contributed by atoms with Gasteiger partial charge in [-0.3, -0.25) is 14.5 Å². The molecule has 9 heteroatoms. The van der Waals surface area contributed by atoms with Crippen LogP contribution in [0.5, 0.6) is 17.2 Å². The Bertz CT molecular complexity index is 1580. The zero-order valence-electron chi connectivity index (χ0n) is 23.3. The molecule has 41 heavy (non-hydrogen) atoms. The van der Waals surface area contributed by atoms with Crippen molar-refractivity contribution in [2.75, 3.05) is 25.2 Å². The number of hydrogen-bond donors (Lipinski definition) is 1. The number of carbonyl (C=O) groups excluding carboxylic acids is 2. The van der Waals surface area contributed by atoms with E-state index in [0.29, 0.717) is 52.2 Å². The smallest absolute Gasteiger partial charge is 0.301 e. The Balaban J connectivity index is 1.58. The second kappa shape index (κ2) is 12.4. The highest BCUT2D eigenvalue weighted by Crippen LogP contribution is 2.45. The first-order chi connectivity index (χ1) is 19.9. The van der Waals surface area contributed by atoms with Crippen molar-refractivity contribution in [2.24, 2.45) is 0 Å². The van der Waals surface area contributed by atoms with Gasteiger partial charge in [-0.1, -0.05) is 43.2 Å². The zero-order valence-corrected chi connectivity index (χ0v) is 24.1. The van der Waals surface area contributed by atoms with E-state index in [0.717, 1.165) is 24.0 Å². The number of amides is 1. The standard InChI is InChI=1S/C32H32N2O6S/c1-4-6-7-18-40-23-12-8-20(9-13-23)28-27(29(35)21-10-14-22(15-11-21)39-5-2)30(36)31(37)34(28)32-33-25-17-16-24(38-3)19-26(25)41-32/h8-17,19,28,35H,4-7,18H2,1-3H3/b29-27+. The molecule has 1 atom stereocenters. The van der Waals surface area contributed by atoms with Crippen LogP contribution in [0.2, 0.25) is 0 Å². The Kier molecular flexibility index (Phi) is 8.54. The van der Waals surface area contributed by atoms with E-state index in [1.807, 2.05) is 43.3 Å². The number of carbonyl (C=O) groups is 2. The SMILES string of the molecule is CCCCCOc1ccc(C2/C(=C(\O)c3ccc(OCC)cc3)C(=O)C(=O)N2c2nc3ccc(OC)cc3s2)cc1. The van der Waals surface area contributed by atoms with Gasteiger partial charge in [0.25, 0.3) is 5.78 Å². The molecule has 8 nitrogen and oxygen atoms in total. The van der Waals surface area contributed by atoms with E-state index in [4.69, 9.17) is 14.2 Å². The quantitative estimate of drug-likeness (QED) is 0.0904. The summed E-state index contributed by atoms with van der Waals surface area (Å²) >= 11 is 1.28. The number of hydrogen-bond acceptors (Lipinski definition) is 8. The van der Waals surface area contributed by atoms with E-state index in [2.05, 4.69) is 11.9 Å². The van der Waals surface area contributed by atoms with Crippen molar-refractivity contribution < 1.29 is 28.9 Å². The third kappa shape index (κ3) is 5.76. The van der Waals surface area contributed by atoms with Gasteiger partial charge in [0.15, 0.2) is 5.13 Å². The lowest BCUT2D eigenvalue weighted by Gasteiger charge is -2.23. The maximum absolute atomic E-state index is 13.6. The van der Waals surface area contributed by atoms with Crippen LogP contribution in [0.4, 0.5) is 5.13 Å². The fourth-order valence-corrected chi connectivity index (χ4v) is 5.81.